The van der Waals surface area contributed by atoms with Gasteiger partial charge in [-0.25, -0.2) is 0 Å². The molecule has 0 aliphatic carbocycles. The Morgan fingerprint density at radius 1 is 1.50 bits per heavy atom. The summed E-state index contributed by atoms with van der Waals surface area (Å²) in [7, 11) is 0. The largest absolute Gasteiger partial charge is 0.461 e. The summed E-state index contributed by atoms with van der Waals surface area (Å²) in [4.78, 5) is 13.0. The maximum absolute atomic E-state index is 11.0. The number of ether oxygens (including phenoxy) is 1. The zero-order valence-corrected chi connectivity index (χ0v) is 7.88. The Morgan fingerprint density at radius 3 is 2.50 bits per heavy atom. The van der Waals surface area contributed by atoms with E-state index >= 15 is 0 Å². The first kappa shape index (κ1) is 11.2. The molecule has 70 valence electrons. The highest BCUT2D eigenvalue weighted by molar-refractivity contribution is 5.71. The molecule has 0 bridgehead atoms. The fourth-order valence-corrected chi connectivity index (χ4v) is 0.827. The van der Waals surface area contributed by atoms with Crippen molar-refractivity contribution in [2.24, 2.45) is 0 Å². The molecule has 0 aromatic rings. The summed E-state index contributed by atoms with van der Waals surface area (Å²) in [5.41, 5.74) is 0. The molecule has 0 saturated carbocycles. The van der Waals surface area contributed by atoms with Crippen LogP contribution in [0.5, 0.6) is 0 Å². The van der Waals surface area contributed by atoms with Gasteiger partial charge in [0.15, 0.2) is 0 Å². The van der Waals surface area contributed by atoms with Crippen molar-refractivity contribution in [2.45, 2.75) is 13.8 Å². The molecule has 0 rings (SSSR count). The standard InChI is InChI=1S/C9H17NO2/c1-4-7-12-9(11)8-10(5-2)6-3/h4H,1,5-8H2,2-3H3. The lowest BCUT2D eigenvalue weighted by Gasteiger charge is -2.15. The second-order valence-corrected chi connectivity index (χ2v) is 2.43. The molecule has 0 saturated heterocycles. The highest BCUT2D eigenvalue weighted by Gasteiger charge is 2.06. The maximum atomic E-state index is 11.0. The van der Waals surface area contributed by atoms with E-state index in [9.17, 15) is 4.79 Å². The van der Waals surface area contributed by atoms with Crippen LogP contribution in [0.2, 0.25) is 0 Å². The monoisotopic (exact) mass is 171 g/mol. The van der Waals surface area contributed by atoms with Gasteiger partial charge in [-0.3, -0.25) is 9.69 Å². The minimum Gasteiger partial charge on any atom is -0.461 e. The van der Waals surface area contributed by atoms with Crippen molar-refractivity contribution in [1.29, 1.82) is 0 Å². The topological polar surface area (TPSA) is 29.5 Å². The van der Waals surface area contributed by atoms with Crippen molar-refractivity contribution in [2.75, 3.05) is 26.2 Å². The lowest BCUT2D eigenvalue weighted by atomic mass is 10.5. The molecule has 0 fully saturated rings. The normalized spacial score (nSPS) is 9.92. The third-order valence-corrected chi connectivity index (χ3v) is 1.61. The lowest BCUT2D eigenvalue weighted by molar-refractivity contribution is -0.143. The highest BCUT2D eigenvalue weighted by Crippen LogP contribution is 1.88. The van der Waals surface area contributed by atoms with E-state index in [0.29, 0.717) is 13.2 Å². The Kier molecular flexibility index (Phi) is 6.38. The zero-order chi connectivity index (χ0) is 9.40. The molecule has 3 nitrogen and oxygen atoms in total. The molecule has 3 heteroatoms. The molecule has 0 aliphatic rings. The smallest absolute Gasteiger partial charge is 0.320 e. The molecule has 0 N–H and O–H groups in total. The molecule has 0 atom stereocenters. The SMILES string of the molecule is C=CCOC(=O)CN(CC)CC. The number of carbonyl (C=O) groups excluding carboxylic acids is 1. The average Bonchev–Trinajstić information content (AvgIpc) is 2.10. The van der Waals surface area contributed by atoms with Crippen LogP contribution in [-0.2, 0) is 9.53 Å². The second kappa shape index (κ2) is 6.85. The highest BCUT2D eigenvalue weighted by atomic mass is 16.5. The Morgan fingerprint density at radius 2 is 2.08 bits per heavy atom. The van der Waals surface area contributed by atoms with E-state index in [1.54, 1.807) is 6.08 Å². The van der Waals surface area contributed by atoms with E-state index in [0.717, 1.165) is 13.1 Å². The van der Waals surface area contributed by atoms with Crippen LogP contribution in [-0.4, -0.2) is 37.1 Å². The summed E-state index contributed by atoms with van der Waals surface area (Å²) in [6, 6.07) is 0. The first-order chi connectivity index (χ1) is 5.74. The Balaban J connectivity index is 3.58. The van der Waals surface area contributed by atoms with E-state index in [1.165, 1.54) is 0 Å². The number of rotatable bonds is 6. The van der Waals surface area contributed by atoms with Crippen LogP contribution in [0.3, 0.4) is 0 Å². The van der Waals surface area contributed by atoms with Crippen molar-refractivity contribution in [1.82, 2.24) is 4.90 Å². The number of nitrogens with zero attached hydrogens (tertiary/aromatic N) is 1. The van der Waals surface area contributed by atoms with E-state index in [4.69, 9.17) is 4.74 Å². The van der Waals surface area contributed by atoms with Crippen molar-refractivity contribution in [3.8, 4) is 0 Å². The van der Waals surface area contributed by atoms with Crippen LogP contribution in [0.25, 0.3) is 0 Å². The van der Waals surface area contributed by atoms with Crippen LogP contribution >= 0.6 is 0 Å². The van der Waals surface area contributed by atoms with Crippen LogP contribution in [0.15, 0.2) is 12.7 Å². The minimum absolute atomic E-state index is 0.182. The Labute approximate surface area is 74.0 Å². The average molecular weight is 171 g/mol. The molecule has 0 aromatic heterocycles. The Bertz CT molecular complexity index is 141. The van der Waals surface area contributed by atoms with Gasteiger partial charge in [0, 0.05) is 0 Å². The third-order valence-electron chi connectivity index (χ3n) is 1.61. The van der Waals surface area contributed by atoms with Gasteiger partial charge in [-0.2, -0.15) is 0 Å². The summed E-state index contributed by atoms with van der Waals surface area (Å²) in [5.74, 6) is -0.182. The number of hydrogen-bond donors (Lipinski definition) is 0. The van der Waals surface area contributed by atoms with Gasteiger partial charge in [-0.05, 0) is 13.1 Å². The zero-order valence-electron chi connectivity index (χ0n) is 7.88. The van der Waals surface area contributed by atoms with Gasteiger partial charge in [0.2, 0.25) is 0 Å². The van der Waals surface area contributed by atoms with Crippen molar-refractivity contribution in [3.05, 3.63) is 12.7 Å². The van der Waals surface area contributed by atoms with Gasteiger partial charge in [-0.1, -0.05) is 26.5 Å². The van der Waals surface area contributed by atoms with Crippen molar-refractivity contribution < 1.29 is 9.53 Å². The molecule has 0 radical (unpaired) electrons. The molecule has 0 spiro atoms. The fourth-order valence-electron chi connectivity index (χ4n) is 0.827. The summed E-state index contributed by atoms with van der Waals surface area (Å²) in [6.45, 7) is 9.93. The first-order valence-electron chi connectivity index (χ1n) is 4.23. The van der Waals surface area contributed by atoms with E-state index in [-0.39, 0.29) is 5.97 Å². The molecule has 0 unspecified atom stereocenters. The molecular formula is C9H17NO2. The number of esters is 1. The van der Waals surface area contributed by atoms with Crippen LogP contribution in [0, 0.1) is 0 Å². The molecule has 0 amide bonds. The maximum Gasteiger partial charge on any atom is 0.320 e. The number of hydrogen-bond acceptors (Lipinski definition) is 3. The van der Waals surface area contributed by atoms with Gasteiger partial charge < -0.3 is 4.74 Å². The summed E-state index contributed by atoms with van der Waals surface area (Å²) >= 11 is 0. The van der Waals surface area contributed by atoms with Crippen molar-refractivity contribution in [3.63, 3.8) is 0 Å². The molecule has 0 heterocycles. The summed E-state index contributed by atoms with van der Waals surface area (Å²) in [5, 5.41) is 0. The summed E-state index contributed by atoms with van der Waals surface area (Å²) in [6.07, 6.45) is 1.57. The molecule has 12 heavy (non-hydrogen) atoms. The fraction of sp³-hybridized carbons (Fsp3) is 0.667. The van der Waals surface area contributed by atoms with Gasteiger partial charge in [-0.15, -0.1) is 0 Å². The second-order valence-electron chi connectivity index (χ2n) is 2.43. The minimum atomic E-state index is -0.182. The van der Waals surface area contributed by atoms with Gasteiger partial charge in [0.25, 0.3) is 0 Å². The van der Waals surface area contributed by atoms with Crippen molar-refractivity contribution >= 4 is 5.97 Å². The lowest BCUT2D eigenvalue weighted by Crippen LogP contribution is -2.30. The van der Waals surface area contributed by atoms with Gasteiger partial charge in [0.05, 0.1) is 6.54 Å². The molecule has 0 aromatic carbocycles. The number of carbonyl (C=O) groups is 1. The van der Waals surface area contributed by atoms with E-state index in [2.05, 4.69) is 6.58 Å². The predicted molar refractivity (Wildman–Crippen MR) is 48.9 cm³/mol. The van der Waals surface area contributed by atoms with Crippen LogP contribution in [0.4, 0.5) is 0 Å². The molecular weight excluding hydrogens is 154 g/mol. The van der Waals surface area contributed by atoms with E-state index in [1.807, 2.05) is 18.7 Å². The summed E-state index contributed by atoms with van der Waals surface area (Å²) < 4.78 is 4.83. The number of likely N-dealkylation sites (N-methyl/N-ethyl adjacent to an activating group) is 1. The first-order valence-corrected chi connectivity index (χ1v) is 4.23. The Hall–Kier alpha value is -0.830. The van der Waals surface area contributed by atoms with Crippen LogP contribution in [0.1, 0.15) is 13.8 Å². The van der Waals surface area contributed by atoms with Gasteiger partial charge in [0.1, 0.15) is 6.61 Å². The molecule has 0 aliphatic heterocycles. The third kappa shape index (κ3) is 4.91. The van der Waals surface area contributed by atoms with Crippen LogP contribution < -0.4 is 0 Å². The predicted octanol–water partition coefficient (Wildman–Crippen LogP) is 1.06. The van der Waals surface area contributed by atoms with Gasteiger partial charge >= 0.3 is 5.97 Å². The quantitative estimate of drug-likeness (QED) is 0.442. The van der Waals surface area contributed by atoms with E-state index < -0.39 is 0 Å².